The van der Waals surface area contributed by atoms with E-state index in [4.69, 9.17) is 16.3 Å². The lowest BCUT2D eigenvalue weighted by Crippen LogP contribution is -2.47. The van der Waals surface area contributed by atoms with Gasteiger partial charge in [0, 0.05) is 5.02 Å². The van der Waals surface area contributed by atoms with E-state index in [0.717, 1.165) is 36.1 Å². The number of halogens is 1. The van der Waals surface area contributed by atoms with Crippen molar-refractivity contribution in [1.29, 1.82) is 0 Å². The Morgan fingerprint density at radius 1 is 1.15 bits per heavy atom. The van der Waals surface area contributed by atoms with Gasteiger partial charge in [0.25, 0.3) is 5.91 Å². The predicted octanol–water partition coefficient (Wildman–Crippen LogP) is 2.86. The maximum Gasteiger partial charge on any atom is 0.325 e. The minimum absolute atomic E-state index is 0.0483. The number of carbonyl (C=O) groups is 2. The average Bonchev–Trinajstić information content (AvgIpc) is 2.79. The fourth-order valence-electron chi connectivity index (χ4n) is 3.67. The van der Waals surface area contributed by atoms with Crippen molar-refractivity contribution in [3.8, 4) is 0 Å². The fourth-order valence-corrected chi connectivity index (χ4v) is 3.80. The van der Waals surface area contributed by atoms with E-state index in [2.05, 4.69) is 5.32 Å². The van der Waals surface area contributed by atoms with Crippen LogP contribution in [-0.4, -0.2) is 46.7 Å². The van der Waals surface area contributed by atoms with Crippen LogP contribution in [0.1, 0.15) is 44.1 Å². The number of rotatable bonds is 6. The highest BCUT2D eigenvalue weighted by atomic mass is 35.5. The van der Waals surface area contributed by atoms with Gasteiger partial charge in [0.15, 0.2) is 0 Å². The number of ether oxygens (including phenoxy) is 1. The molecule has 6 nitrogen and oxygen atoms in total. The number of nitrogens with one attached hydrogen (secondary N) is 1. The van der Waals surface area contributed by atoms with Crippen molar-refractivity contribution >= 4 is 23.5 Å². The van der Waals surface area contributed by atoms with Crippen LogP contribution in [-0.2, 0) is 16.1 Å². The molecule has 1 aromatic rings. The van der Waals surface area contributed by atoms with Crippen molar-refractivity contribution in [1.82, 2.24) is 10.2 Å². The molecule has 3 amide bonds. The number of urea groups is 1. The van der Waals surface area contributed by atoms with E-state index >= 15 is 0 Å². The van der Waals surface area contributed by atoms with Crippen molar-refractivity contribution in [3.05, 3.63) is 34.9 Å². The lowest BCUT2D eigenvalue weighted by Gasteiger charge is -2.25. The minimum Gasteiger partial charge on any atom is -0.389 e. The zero-order chi connectivity index (χ0) is 18.6. The van der Waals surface area contributed by atoms with Crippen LogP contribution in [0.5, 0.6) is 0 Å². The van der Waals surface area contributed by atoms with Crippen LogP contribution in [0.4, 0.5) is 4.79 Å². The van der Waals surface area contributed by atoms with Gasteiger partial charge in [-0.15, -0.1) is 0 Å². The number of aliphatic hydroxyl groups is 1. The molecule has 1 saturated heterocycles. The lowest BCUT2D eigenvalue weighted by atomic mass is 9.90. The number of carbonyl (C=O) groups excluding carboxylic acids is 2. The second-order valence-corrected chi connectivity index (χ2v) is 7.57. The van der Waals surface area contributed by atoms with Gasteiger partial charge in [0.1, 0.15) is 5.54 Å². The summed E-state index contributed by atoms with van der Waals surface area (Å²) in [6, 6.07) is 6.84. The molecule has 7 heteroatoms. The summed E-state index contributed by atoms with van der Waals surface area (Å²) in [7, 11) is 0. The molecule has 1 atom stereocenters. The van der Waals surface area contributed by atoms with Gasteiger partial charge < -0.3 is 15.2 Å². The molecule has 0 radical (unpaired) electrons. The van der Waals surface area contributed by atoms with Crippen LogP contribution in [0.2, 0.25) is 5.02 Å². The lowest BCUT2D eigenvalue weighted by molar-refractivity contribution is -0.133. The number of nitrogens with zero attached hydrogens (tertiary/aromatic N) is 1. The third-order valence-electron chi connectivity index (χ3n) is 5.09. The SMILES string of the molecule is O=C1NC2(CCCCCC2)C(=O)N1CC(O)COCc1ccc(Cl)cc1. The Morgan fingerprint density at radius 2 is 1.81 bits per heavy atom. The summed E-state index contributed by atoms with van der Waals surface area (Å²) in [5.74, 6) is -0.207. The van der Waals surface area contributed by atoms with Crippen molar-refractivity contribution in [2.24, 2.45) is 0 Å². The first-order valence-corrected chi connectivity index (χ1v) is 9.52. The van der Waals surface area contributed by atoms with Gasteiger partial charge in [-0.05, 0) is 30.5 Å². The number of amides is 3. The van der Waals surface area contributed by atoms with E-state index in [1.54, 1.807) is 12.1 Å². The molecule has 1 aliphatic heterocycles. The molecule has 2 aliphatic rings. The first-order chi connectivity index (χ1) is 12.5. The molecule has 2 N–H and O–H groups in total. The molecular weight excluding hydrogens is 356 g/mol. The van der Waals surface area contributed by atoms with E-state index in [1.165, 1.54) is 0 Å². The third-order valence-corrected chi connectivity index (χ3v) is 5.34. The summed E-state index contributed by atoms with van der Waals surface area (Å²) in [4.78, 5) is 26.2. The van der Waals surface area contributed by atoms with Gasteiger partial charge in [-0.2, -0.15) is 0 Å². The van der Waals surface area contributed by atoms with Crippen molar-refractivity contribution in [2.45, 2.75) is 56.8 Å². The Balaban J connectivity index is 1.50. The predicted molar refractivity (Wildman–Crippen MR) is 97.8 cm³/mol. The number of aliphatic hydroxyl groups excluding tert-OH is 1. The summed E-state index contributed by atoms with van der Waals surface area (Å²) in [6.45, 7) is 0.331. The third kappa shape index (κ3) is 4.37. The Kier molecular flexibility index (Phi) is 6.16. The topological polar surface area (TPSA) is 78.9 Å². The number of imide groups is 1. The van der Waals surface area contributed by atoms with Gasteiger partial charge in [-0.3, -0.25) is 9.69 Å². The summed E-state index contributed by atoms with van der Waals surface area (Å²) < 4.78 is 5.50. The quantitative estimate of drug-likeness (QED) is 0.744. The minimum atomic E-state index is -0.919. The molecule has 142 valence electrons. The first kappa shape index (κ1) is 19.1. The van der Waals surface area contributed by atoms with Gasteiger partial charge >= 0.3 is 6.03 Å². The maximum absolute atomic E-state index is 12.8. The number of hydrogen-bond acceptors (Lipinski definition) is 4. The highest BCUT2D eigenvalue weighted by molar-refractivity contribution is 6.30. The Bertz CT molecular complexity index is 641. The standard InChI is InChI=1S/C19H25ClN2O4/c20-15-7-5-14(6-8-15)12-26-13-16(23)11-22-17(24)19(21-18(22)25)9-3-1-2-4-10-19/h5-8,16,23H,1-4,9-13H2,(H,21,25). The van der Waals surface area contributed by atoms with E-state index < -0.39 is 17.7 Å². The van der Waals surface area contributed by atoms with Gasteiger partial charge in [-0.1, -0.05) is 49.4 Å². The molecule has 1 aromatic carbocycles. The maximum atomic E-state index is 12.8. The molecule has 1 spiro atoms. The smallest absolute Gasteiger partial charge is 0.325 e. The second-order valence-electron chi connectivity index (χ2n) is 7.14. The number of benzene rings is 1. The van der Waals surface area contributed by atoms with Crippen molar-refractivity contribution in [2.75, 3.05) is 13.2 Å². The summed E-state index contributed by atoms with van der Waals surface area (Å²) in [5, 5.41) is 13.7. The van der Waals surface area contributed by atoms with E-state index in [9.17, 15) is 14.7 Å². The summed E-state index contributed by atoms with van der Waals surface area (Å²) in [6.07, 6.45) is 4.49. The largest absolute Gasteiger partial charge is 0.389 e. The van der Waals surface area contributed by atoms with Crippen LogP contribution < -0.4 is 5.32 Å². The van der Waals surface area contributed by atoms with E-state index in [0.29, 0.717) is 24.5 Å². The molecule has 3 rings (SSSR count). The van der Waals surface area contributed by atoms with E-state index in [-0.39, 0.29) is 19.1 Å². The molecule has 0 aromatic heterocycles. The average molecular weight is 381 g/mol. The highest BCUT2D eigenvalue weighted by Gasteiger charge is 2.50. The first-order valence-electron chi connectivity index (χ1n) is 9.14. The Labute approximate surface area is 158 Å². The van der Waals surface area contributed by atoms with Crippen LogP contribution in [0, 0.1) is 0 Å². The van der Waals surface area contributed by atoms with Crippen LogP contribution in [0.15, 0.2) is 24.3 Å². The summed E-state index contributed by atoms with van der Waals surface area (Å²) >= 11 is 5.83. The fraction of sp³-hybridized carbons (Fsp3) is 0.579. The molecule has 2 fully saturated rings. The Morgan fingerprint density at radius 3 is 2.46 bits per heavy atom. The number of hydrogen-bond donors (Lipinski definition) is 2. The molecule has 1 saturated carbocycles. The van der Waals surface area contributed by atoms with Crippen LogP contribution in [0.25, 0.3) is 0 Å². The number of β-amino-alcohol motifs (C(OH)–C–C–N with tert-alkyl or cyclic N) is 1. The molecule has 26 heavy (non-hydrogen) atoms. The molecule has 1 heterocycles. The highest BCUT2D eigenvalue weighted by Crippen LogP contribution is 2.32. The van der Waals surface area contributed by atoms with Gasteiger partial charge in [-0.25, -0.2) is 4.79 Å². The second kappa shape index (κ2) is 8.37. The molecule has 1 aliphatic carbocycles. The normalized spacial score (nSPS) is 20.9. The summed E-state index contributed by atoms with van der Waals surface area (Å²) in [5.41, 5.74) is 0.172. The zero-order valence-corrected chi connectivity index (χ0v) is 15.5. The molecule has 1 unspecified atom stereocenters. The molecular formula is C19H25ClN2O4. The molecule has 0 bridgehead atoms. The van der Waals surface area contributed by atoms with Crippen molar-refractivity contribution in [3.63, 3.8) is 0 Å². The zero-order valence-electron chi connectivity index (χ0n) is 14.7. The van der Waals surface area contributed by atoms with Crippen LogP contribution >= 0.6 is 11.6 Å². The van der Waals surface area contributed by atoms with E-state index in [1.807, 2.05) is 12.1 Å². The Hall–Kier alpha value is -1.63. The van der Waals surface area contributed by atoms with Crippen molar-refractivity contribution < 1.29 is 19.4 Å². The van der Waals surface area contributed by atoms with Gasteiger partial charge in [0.05, 0.1) is 25.9 Å². The van der Waals surface area contributed by atoms with Gasteiger partial charge in [0.2, 0.25) is 0 Å². The monoisotopic (exact) mass is 380 g/mol. The van der Waals surface area contributed by atoms with Crippen LogP contribution in [0.3, 0.4) is 0 Å².